The summed E-state index contributed by atoms with van der Waals surface area (Å²) in [5.41, 5.74) is 10.8. The maximum absolute atomic E-state index is 6.33. The first-order chi connectivity index (χ1) is 16.1. The van der Waals surface area contributed by atoms with Gasteiger partial charge in [-0.15, -0.1) is 11.3 Å². The van der Waals surface area contributed by atoms with Gasteiger partial charge in [0.05, 0.1) is 16.1 Å². The Labute approximate surface area is 195 Å². The number of nitrogens with zero attached hydrogens (tertiary/aromatic N) is 6. The molecule has 0 unspecified atom stereocenters. The van der Waals surface area contributed by atoms with Gasteiger partial charge in [-0.25, -0.2) is 19.5 Å². The maximum atomic E-state index is 6.33. The monoisotopic (exact) mass is 455 g/mol. The van der Waals surface area contributed by atoms with Crippen LogP contribution in [-0.2, 0) is 0 Å². The molecule has 6 rings (SSSR count). The summed E-state index contributed by atoms with van der Waals surface area (Å²) in [4.78, 5) is 17.7. The van der Waals surface area contributed by atoms with Crippen LogP contribution in [0, 0.1) is 5.92 Å². The van der Waals surface area contributed by atoms with Gasteiger partial charge in [0.15, 0.2) is 5.82 Å². The average Bonchev–Trinajstić information content (AvgIpc) is 3.44. The SMILES string of the molecule is CN(C)CC1CC(c2nc(-c3ccc4ccc(-c5cccs5)nc4c3)c3c(N)ncnn23)C1. The zero-order valence-corrected chi connectivity index (χ0v) is 19.5. The molecule has 5 aromatic rings. The summed E-state index contributed by atoms with van der Waals surface area (Å²) < 4.78 is 1.90. The molecular weight excluding hydrogens is 430 g/mol. The number of anilines is 1. The van der Waals surface area contributed by atoms with Crippen molar-refractivity contribution in [2.75, 3.05) is 26.4 Å². The van der Waals surface area contributed by atoms with E-state index in [9.17, 15) is 0 Å². The van der Waals surface area contributed by atoms with Crippen LogP contribution >= 0.6 is 11.3 Å². The van der Waals surface area contributed by atoms with Gasteiger partial charge in [-0.3, -0.25) is 0 Å². The van der Waals surface area contributed by atoms with E-state index in [1.54, 1.807) is 11.3 Å². The van der Waals surface area contributed by atoms with E-state index < -0.39 is 0 Å². The van der Waals surface area contributed by atoms with Gasteiger partial charge in [0, 0.05) is 23.4 Å². The number of imidazole rings is 1. The number of benzene rings is 1. The Balaban J connectivity index is 1.43. The lowest BCUT2D eigenvalue weighted by atomic mass is 9.74. The van der Waals surface area contributed by atoms with Crippen molar-refractivity contribution in [1.29, 1.82) is 0 Å². The third kappa shape index (κ3) is 3.55. The highest BCUT2D eigenvalue weighted by Gasteiger charge is 2.35. The molecule has 166 valence electrons. The van der Waals surface area contributed by atoms with Crippen molar-refractivity contribution < 1.29 is 0 Å². The van der Waals surface area contributed by atoms with Crippen LogP contribution in [0.2, 0.25) is 0 Å². The molecule has 2 N–H and O–H groups in total. The number of pyridine rings is 1. The number of fused-ring (bicyclic) bond motifs is 2. The van der Waals surface area contributed by atoms with E-state index in [1.807, 2.05) is 10.6 Å². The molecule has 1 saturated carbocycles. The average molecular weight is 456 g/mol. The topological polar surface area (TPSA) is 85.2 Å². The zero-order valence-electron chi connectivity index (χ0n) is 18.6. The van der Waals surface area contributed by atoms with Gasteiger partial charge in [-0.1, -0.05) is 24.3 Å². The molecule has 0 saturated heterocycles. The van der Waals surface area contributed by atoms with Crippen molar-refractivity contribution in [2.45, 2.75) is 18.8 Å². The summed E-state index contributed by atoms with van der Waals surface area (Å²) in [7, 11) is 4.25. The molecule has 0 spiro atoms. The molecule has 4 aromatic heterocycles. The van der Waals surface area contributed by atoms with E-state index in [2.05, 4.69) is 70.9 Å². The largest absolute Gasteiger partial charge is 0.382 e. The fourth-order valence-electron chi connectivity index (χ4n) is 4.88. The minimum Gasteiger partial charge on any atom is -0.382 e. The van der Waals surface area contributed by atoms with E-state index >= 15 is 0 Å². The first-order valence-electron chi connectivity index (χ1n) is 11.2. The highest BCUT2D eigenvalue weighted by atomic mass is 32.1. The van der Waals surface area contributed by atoms with E-state index in [1.165, 1.54) is 6.33 Å². The fourth-order valence-corrected chi connectivity index (χ4v) is 5.58. The van der Waals surface area contributed by atoms with Gasteiger partial charge in [0.2, 0.25) is 0 Å². The number of rotatable bonds is 5. The second-order valence-electron chi connectivity index (χ2n) is 9.10. The Hall–Kier alpha value is -3.36. The third-order valence-corrected chi connectivity index (χ3v) is 7.34. The van der Waals surface area contributed by atoms with Gasteiger partial charge < -0.3 is 10.6 Å². The van der Waals surface area contributed by atoms with Crippen LogP contribution in [0.15, 0.2) is 54.2 Å². The number of hydrogen-bond donors (Lipinski definition) is 1. The minimum absolute atomic E-state index is 0.384. The van der Waals surface area contributed by atoms with Crippen molar-refractivity contribution in [3.63, 3.8) is 0 Å². The normalized spacial score (nSPS) is 18.3. The number of aromatic nitrogens is 5. The van der Waals surface area contributed by atoms with Gasteiger partial charge >= 0.3 is 0 Å². The first kappa shape index (κ1) is 20.3. The first-order valence-corrected chi connectivity index (χ1v) is 12.0. The zero-order chi connectivity index (χ0) is 22.5. The lowest BCUT2D eigenvalue weighted by molar-refractivity contribution is 0.193. The molecule has 1 aliphatic rings. The van der Waals surface area contributed by atoms with Crippen molar-refractivity contribution in [3.05, 3.63) is 60.0 Å². The van der Waals surface area contributed by atoms with Gasteiger partial charge in [0.1, 0.15) is 23.4 Å². The van der Waals surface area contributed by atoms with E-state index in [0.29, 0.717) is 17.7 Å². The molecule has 0 aliphatic heterocycles. The quantitative estimate of drug-likeness (QED) is 0.413. The van der Waals surface area contributed by atoms with Crippen molar-refractivity contribution in [3.8, 4) is 21.8 Å². The molecule has 1 aliphatic carbocycles. The molecule has 1 fully saturated rings. The molecule has 0 amide bonds. The van der Waals surface area contributed by atoms with Crippen LogP contribution in [-0.4, -0.2) is 50.1 Å². The molecular formula is C25H25N7S. The fraction of sp³-hybridized carbons (Fsp3) is 0.280. The van der Waals surface area contributed by atoms with Crippen LogP contribution < -0.4 is 5.73 Å². The lowest BCUT2D eigenvalue weighted by Gasteiger charge is -2.35. The van der Waals surface area contributed by atoms with Crippen molar-refractivity contribution in [2.24, 2.45) is 5.92 Å². The van der Waals surface area contributed by atoms with E-state index in [-0.39, 0.29) is 0 Å². The van der Waals surface area contributed by atoms with Crippen LogP contribution in [0.5, 0.6) is 0 Å². The van der Waals surface area contributed by atoms with Crippen LogP contribution in [0.25, 0.3) is 38.2 Å². The van der Waals surface area contributed by atoms with Crippen LogP contribution in [0.3, 0.4) is 0 Å². The highest BCUT2D eigenvalue weighted by Crippen LogP contribution is 2.43. The molecule has 0 radical (unpaired) electrons. The van der Waals surface area contributed by atoms with Gasteiger partial charge in [-0.2, -0.15) is 5.10 Å². The van der Waals surface area contributed by atoms with E-state index in [0.717, 1.165) is 63.5 Å². The molecule has 1 aromatic carbocycles. The van der Waals surface area contributed by atoms with Gasteiger partial charge in [0.25, 0.3) is 0 Å². The second kappa shape index (κ2) is 7.90. The van der Waals surface area contributed by atoms with Crippen LogP contribution in [0.1, 0.15) is 24.6 Å². The predicted molar refractivity (Wildman–Crippen MR) is 133 cm³/mol. The summed E-state index contributed by atoms with van der Waals surface area (Å²) in [6.45, 7) is 1.10. The Bertz CT molecular complexity index is 1450. The van der Waals surface area contributed by atoms with E-state index in [4.69, 9.17) is 15.7 Å². The standard InChI is InChI=1S/C25H25N7S/c1-31(2)13-15-10-18(11-15)25-30-22(23-24(26)27-14-28-32(23)25)17-6-5-16-7-8-19(29-20(16)12-17)21-4-3-9-33-21/h3-9,12,14-15,18H,10-11,13H2,1-2H3,(H2,26,27,28). The predicted octanol–water partition coefficient (Wildman–Crippen LogP) is 4.71. The maximum Gasteiger partial charge on any atom is 0.153 e. The summed E-state index contributed by atoms with van der Waals surface area (Å²) in [5, 5.41) is 7.69. The summed E-state index contributed by atoms with van der Waals surface area (Å²) in [6, 6.07) is 14.6. The minimum atomic E-state index is 0.384. The number of thiophene rings is 1. The Morgan fingerprint density at radius 3 is 2.76 bits per heavy atom. The number of hydrogen-bond acceptors (Lipinski definition) is 7. The summed E-state index contributed by atoms with van der Waals surface area (Å²) in [6.07, 6.45) is 3.75. The smallest absolute Gasteiger partial charge is 0.153 e. The summed E-state index contributed by atoms with van der Waals surface area (Å²) in [5.74, 6) is 2.50. The molecule has 8 heteroatoms. The molecule has 7 nitrogen and oxygen atoms in total. The Morgan fingerprint density at radius 2 is 1.97 bits per heavy atom. The summed E-state index contributed by atoms with van der Waals surface area (Å²) >= 11 is 1.69. The molecule has 33 heavy (non-hydrogen) atoms. The van der Waals surface area contributed by atoms with Crippen LogP contribution in [0.4, 0.5) is 5.82 Å². The number of nitrogen functional groups attached to an aromatic ring is 1. The Kier molecular flexibility index (Phi) is 4.85. The molecule has 0 bridgehead atoms. The lowest BCUT2D eigenvalue weighted by Crippen LogP contribution is -2.32. The Morgan fingerprint density at radius 1 is 1.12 bits per heavy atom. The highest BCUT2D eigenvalue weighted by molar-refractivity contribution is 7.13. The number of nitrogens with two attached hydrogens (primary N) is 1. The van der Waals surface area contributed by atoms with Gasteiger partial charge in [-0.05, 0) is 56.4 Å². The third-order valence-electron chi connectivity index (χ3n) is 6.45. The van der Waals surface area contributed by atoms with Crippen molar-refractivity contribution >= 4 is 33.6 Å². The molecule has 0 atom stereocenters. The second-order valence-corrected chi connectivity index (χ2v) is 10.0. The molecule has 4 heterocycles. The van der Waals surface area contributed by atoms with Crippen molar-refractivity contribution in [1.82, 2.24) is 29.5 Å².